The summed E-state index contributed by atoms with van der Waals surface area (Å²) in [6, 6.07) is 4.41. The van der Waals surface area contributed by atoms with E-state index >= 15 is 0 Å². The summed E-state index contributed by atoms with van der Waals surface area (Å²) in [7, 11) is 0. The lowest BCUT2D eigenvalue weighted by atomic mass is 10.0. The zero-order valence-electron chi connectivity index (χ0n) is 12.2. The predicted octanol–water partition coefficient (Wildman–Crippen LogP) is 3.43. The molecule has 1 N–H and O–H groups in total. The van der Waals surface area contributed by atoms with Gasteiger partial charge in [-0.15, -0.1) is 0 Å². The highest BCUT2D eigenvalue weighted by Gasteiger charge is 2.36. The molecule has 1 heterocycles. The van der Waals surface area contributed by atoms with Crippen molar-refractivity contribution in [3.05, 3.63) is 24.0 Å². The van der Waals surface area contributed by atoms with Gasteiger partial charge in [0.2, 0.25) is 0 Å². The first-order valence-corrected chi connectivity index (χ1v) is 7.01. The Hall–Kier alpha value is -1.58. The molecule has 1 aliphatic rings. The van der Waals surface area contributed by atoms with Crippen molar-refractivity contribution in [2.45, 2.75) is 52.6 Å². The van der Waals surface area contributed by atoms with Crippen molar-refractivity contribution in [1.82, 2.24) is 9.88 Å². The van der Waals surface area contributed by atoms with Crippen molar-refractivity contribution in [2.75, 3.05) is 5.32 Å². The number of hydrogen-bond acceptors (Lipinski definition) is 2. The van der Waals surface area contributed by atoms with E-state index in [9.17, 15) is 4.79 Å². The number of anilines is 1. The van der Waals surface area contributed by atoms with E-state index in [-0.39, 0.29) is 12.1 Å². The fraction of sp³-hybridized carbons (Fsp3) is 0.600. The lowest BCUT2D eigenvalue weighted by Gasteiger charge is -2.32. The van der Waals surface area contributed by atoms with E-state index < -0.39 is 0 Å². The average Bonchev–Trinajstić information content (AvgIpc) is 3.13. The van der Waals surface area contributed by atoms with Crippen molar-refractivity contribution in [1.29, 1.82) is 0 Å². The number of pyridine rings is 1. The van der Waals surface area contributed by atoms with Gasteiger partial charge in [-0.2, -0.15) is 0 Å². The highest BCUT2D eigenvalue weighted by molar-refractivity contribution is 5.90. The Kier molecular flexibility index (Phi) is 4.08. The largest absolute Gasteiger partial charge is 0.322 e. The number of hydrogen-bond donors (Lipinski definition) is 1. The van der Waals surface area contributed by atoms with Gasteiger partial charge >= 0.3 is 6.03 Å². The van der Waals surface area contributed by atoms with Crippen LogP contribution in [0.25, 0.3) is 0 Å². The van der Waals surface area contributed by atoms with Crippen LogP contribution in [-0.2, 0) is 0 Å². The smallest absolute Gasteiger partial charge is 0.319 e. The van der Waals surface area contributed by atoms with Crippen molar-refractivity contribution in [3.63, 3.8) is 0 Å². The third kappa shape index (κ3) is 3.46. The summed E-state index contributed by atoms with van der Waals surface area (Å²) < 4.78 is 0. The van der Waals surface area contributed by atoms with Crippen molar-refractivity contribution >= 4 is 11.7 Å². The fourth-order valence-corrected chi connectivity index (χ4v) is 2.17. The molecule has 4 heteroatoms. The molecule has 0 aliphatic heterocycles. The van der Waals surface area contributed by atoms with Crippen LogP contribution in [0.2, 0.25) is 0 Å². The molecule has 0 bridgehead atoms. The summed E-state index contributed by atoms with van der Waals surface area (Å²) in [5, 5.41) is 2.99. The molecule has 1 fully saturated rings. The molecule has 1 atom stereocenters. The number of nitrogens with one attached hydrogen (secondary N) is 1. The van der Waals surface area contributed by atoms with Gasteiger partial charge in [0.15, 0.2) is 0 Å². The molecule has 0 aromatic carbocycles. The molecule has 2 rings (SSSR count). The molecular formula is C15H23N3O. The van der Waals surface area contributed by atoms with E-state index in [1.807, 2.05) is 24.0 Å². The zero-order valence-corrected chi connectivity index (χ0v) is 12.2. The number of amides is 2. The first-order valence-electron chi connectivity index (χ1n) is 7.01. The fourth-order valence-electron chi connectivity index (χ4n) is 2.17. The Balaban J connectivity index is 2.08. The van der Waals surface area contributed by atoms with Gasteiger partial charge in [0.1, 0.15) is 0 Å². The number of aryl methyl sites for hydroxylation is 1. The maximum Gasteiger partial charge on any atom is 0.322 e. The summed E-state index contributed by atoms with van der Waals surface area (Å²) in [6.07, 6.45) is 3.97. The molecule has 1 aliphatic carbocycles. The second kappa shape index (κ2) is 5.59. The predicted molar refractivity (Wildman–Crippen MR) is 77.2 cm³/mol. The van der Waals surface area contributed by atoms with Crippen molar-refractivity contribution < 1.29 is 4.79 Å². The molecule has 0 radical (unpaired) electrons. The summed E-state index contributed by atoms with van der Waals surface area (Å²) >= 11 is 0. The number of nitrogens with zero attached hydrogens (tertiary/aromatic N) is 2. The summed E-state index contributed by atoms with van der Waals surface area (Å²) in [4.78, 5) is 18.6. The molecule has 4 nitrogen and oxygen atoms in total. The molecule has 1 aromatic rings. The lowest BCUT2D eigenvalue weighted by molar-refractivity contribution is 0.169. The second-order valence-electron chi connectivity index (χ2n) is 5.74. The molecule has 1 saturated carbocycles. The van der Waals surface area contributed by atoms with E-state index in [1.165, 1.54) is 0 Å². The Morgan fingerprint density at radius 1 is 1.42 bits per heavy atom. The molecule has 104 valence electrons. The minimum Gasteiger partial charge on any atom is -0.319 e. The van der Waals surface area contributed by atoms with E-state index in [0.29, 0.717) is 12.0 Å². The van der Waals surface area contributed by atoms with E-state index in [0.717, 1.165) is 24.2 Å². The topological polar surface area (TPSA) is 45.2 Å². The third-order valence-corrected chi connectivity index (χ3v) is 3.73. The van der Waals surface area contributed by atoms with E-state index in [2.05, 4.69) is 31.1 Å². The van der Waals surface area contributed by atoms with E-state index in [1.54, 1.807) is 6.20 Å². The molecule has 2 amide bonds. The molecule has 19 heavy (non-hydrogen) atoms. The number of rotatable bonds is 4. The first kappa shape index (κ1) is 13.8. The summed E-state index contributed by atoms with van der Waals surface area (Å²) in [5.74, 6) is 0.463. The van der Waals surface area contributed by atoms with Crippen LogP contribution >= 0.6 is 0 Å². The van der Waals surface area contributed by atoms with Crippen LogP contribution in [0.4, 0.5) is 10.5 Å². The van der Waals surface area contributed by atoms with Gasteiger partial charge in [0.25, 0.3) is 0 Å². The number of carbonyl (C=O) groups excluding carboxylic acids is 1. The SMILES string of the molecule is Cc1cc(NC(=O)N(C2CC2)C(C)C(C)C)ccn1. The molecule has 0 spiro atoms. The van der Waals surface area contributed by atoms with Gasteiger partial charge in [-0.25, -0.2) is 4.79 Å². The maximum atomic E-state index is 12.4. The van der Waals surface area contributed by atoms with Crippen LogP contribution in [0, 0.1) is 12.8 Å². The first-order chi connectivity index (χ1) is 8.99. The van der Waals surface area contributed by atoms with Gasteiger partial charge < -0.3 is 10.2 Å². The highest BCUT2D eigenvalue weighted by Crippen LogP contribution is 2.31. The van der Waals surface area contributed by atoms with Crippen LogP contribution in [0.3, 0.4) is 0 Å². The second-order valence-corrected chi connectivity index (χ2v) is 5.74. The normalized spacial score (nSPS) is 16.3. The lowest BCUT2D eigenvalue weighted by Crippen LogP contribution is -2.45. The highest BCUT2D eigenvalue weighted by atomic mass is 16.2. The van der Waals surface area contributed by atoms with Crippen LogP contribution in [0.5, 0.6) is 0 Å². The number of aromatic nitrogens is 1. The Morgan fingerprint density at radius 3 is 2.63 bits per heavy atom. The average molecular weight is 261 g/mol. The van der Waals surface area contributed by atoms with Crippen LogP contribution in [-0.4, -0.2) is 28.0 Å². The third-order valence-electron chi connectivity index (χ3n) is 3.73. The van der Waals surface area contributed by atoms with E-state index in [4.69, 9.17) is 0 Å². The van der Waals surface area contributed by atoms with Crippen molar-refractivity contribution in [3.8, 4) is 0 Å². The maximum absolute atomic E-state index is 12.4. The number of urea groups is 1. The molecular weight excluding hydrogens is 238 g/mol. The van der Waals surface area contributed by atoms with Crippen LogP contribution in [0.15, 0.2) is 18.3 Å². The Bertz CT molecular complexity index is 454. The summed E-state index contributed by atoms with van der Waals surface area (Å²) in [6.45, 7) is 8.36. The monoisotopic (exact) mass is 261 g/mol. The molecule has 1 unspecified atom stereocenters. The van der Waals surface area contributed by atoms with Gasteiger partial charge in [0.05, 0.1) is 0 Å². The van der Waals surface area contributed by atoms with Crippen molar-refractivity contribution in [2.24, 2.45) is 5.92 Å². The van der Waals surface area contributed by atoms with Gasteiger partial charge in [-0.05, 0) is 44.7 Å². The minimum atomic E-state index is 0.00861. The van der Waals surface area contributed by atoms with Gasteiger partial charge in [-0.3, -0.25) is 4.98 Å². The standard InChI is InChI=1S/C15H23N3O/c1-10(2)12(4)18(14-5-6-14)15(19)17-13-7-8-16-11(3)9-13/h7-10,12,14H,5-6H2,1-4H3,(H,16,17,19). The van der Waals surface area contributed by atoms with Gasteiger partial charge in [-0.1, -0.05) is 13.8 Å². The molecule has 1 aromatic heterocycles. The Morgan fingerprint density at radius 2 is 2.11 bits per heavy atom. The minimum absolute atomic E-state index is 0.00861. The number of carbonyl (C=O) groups is 1. The van der Waals surface area contributed by atoms with Crippen LogP contribution < -0.4 is 5.32 Å². The Labute approximate surface area is 115 Å². The quantitative estimate of drug-likeness (QED) is 0.902. The molecule has 0 saturated heterocycles. The zero-order chi connectivity index (χ0) is 14.0. The van der Waals surface area contributed by atoms with Crippen LogP contribution in [0.1, 0.15) is 39.3 Å². The van der Waals surface area contributed by atoms with Gasteiger partial charge in [0, 0.05) is 29.7 Å². The summed E-state index contributed by atoms with van der Waals surface area (Å²) in [5.41, 5.74) is 1.73.